The Morgan fingerprint density at radius 3 is 2.31 bits per heavy atom. The van der Waals surface area contributed by atoms with E-state index in [1.54, 1.807) is 0 Å². The number of hydrogen-bond donors (Lipinski definition) is 2. The number of allylic oxidation sites excluding steroid dienone is 2. The highest BCUT2D eigenvalue weighted by molar-refractivity contribution is 5.49. The lowest BCUT2D eigenvalue weighted by molar-refractivity contribution is -0.143. The summed E-state index contributed by atoms with van der Waals surface area (Å²) in [7, 11) is 0. The third kappa shape index (κ3) is 7.98. The van der Waals surface area contributed by atoms with E-state index >= 15 is 0 Å². The van der Waals surface area contributed by atoms with Crippen molar-refractivity contribution in [3.05, 3.63) is 89.1 Å². The van der Waals surface area contributed by atoms with Crippen LogP contribution in [0.3, 0.4) is 0 Å². The van der Waals surface area contributed by atoms with Crippen LogP contribution in [0.4, 0.5) is 26.3 Å². The normalized spacial score (nSPS) is 25.7. The zero-order valence-electron chi connectivity index (χ0n) is 24.1. The lowest BCUT2D eigenvalue weighted by Gasteiger charge is -2.40. The maximum Gasteiger partial charge on any atom is 0.416 e. The molecule has 9 heteroatoms. The number of piperidine rings is 1. The molecule has 230 valence electrons. The van der Waals surface area contributed by atoms with Crippen molar-refractivity contribution in [1.29, 1.82) is 0 Å². The summed E-state index contributed by atoms with van der Waals surface area (Å²) >= 11 is 0. The first-order chi connectivity index (χ1) is 19.8. The summed E-state index contributed by atoms with van der Waals surface area (Å²) in [4.78, 5) is 2.55. The van der Waals surface area contributed by atoms with Gasteiger partial charge in [0.25, 0.3) is 0 Å². The highest BCUT2D eigenvalue weighted by atomic mass is 19.4. The molecule has 3 N–H and O–H groups in total. The van der Waals surface area contributed by atoms with Crippen molar-refractivity contribution in [1.82, 2.24) is 10.2 Å². The van der Waals surface area contributed by atoms with Crippen molar-refractivity contribution < 1.29 is 26.3 Å². The van der Waals surface area contributed by atoms with Crippen molar-refractivity contribution in [2.24, 2.45) is 23.0 Å². The minimum atomic E-state index is -4.88. The fourth-order valence-corrected chi connectivity index (χ4v) is 6.63. The Labute approximate surface area is 244 Å². The molecule has 2 aromatic rings. The summed E-state index contributed by atoms with van der Waals surface area (Å²) < 4.78 is 80.1. The van der Waals surface area contributed by atoms with Gasteiger partial charge in [0.05, 0.1) is 11.1 Å². The molecule has 1 aliphatic carbocycles. The molecule has 4 atom stereocenters. The smallest absolute Gasteiger partial charge is 0.384 e. The van der Waals surface area contributed by atoms with Gasteiger partial charge in [-0.15, -0.1) is 0 Å². The Hall–Kier alpha value is -2.78. The van der Waals surface area contributed by atoms with E-state index in [9.17, 15) is 26.3 Å². The second-order valence-electron chi connectivity index (χ2n) is 12.0. The Balaban J connectivity index is 1.42. The Bertz CT molecular complexity index is 1190. The van der Waals surface area contributed by atoms with E-state index in [1.165, 1.54) is 5.56 Å². The first-order valence-corrected chi connectivity index (χ1v) is 14.7. The van der Waals surface area contributed by atoms with Crippen LogP contribution >= 0.6 is 0 Å². The van der Waals surface area contributed by atoms with Crippen LogP contribution in [0, 0.1) is 17.3 Å². The van der Waals surface area contributed by atoms with Gasteiger partial charge in [0.1, 0.15) is 0 Å². The first-order valence-electron chi connectivity index (χ1n) is 14.7. The summed E-state index contributed by atoms with van der Waals surface area (Å²) in [6.45, 7) is 8.83. The monoisotopic (exact) mass is 593 g/mol. The first kappa shape index (κ1) is 32.1. The molecule has 1 saturated heterocycles. The van der Waals surface area contributed by atoms with Gasteiger partial charge in [0.15, 0.2) is 0 Å². The molecule has 0 bridgehead atoms. The number of nitrogens with one attached hydrogen (secondary N) is 1. The molecular weight excluding hydrogens is 552 g/mol. The van der Waals surface area contributed by atoms with Crippen LogP contribution in [-0.4, -0.2) is 30.6 Å². The van der Waals surface area contributed by atoms with Gasteiger partial charge in [0.2, 0.25) is 0 Å². The number of nitrogens with two attached hydrogens (primary N) is 1. The number of halogens is 6. The molecule has 2 fully saturated rings. The molecule has 3 unspecified atom stereocenters. The number of nitrogens with zero attached hydrogens (tertiary/aromatic N) is 1. The van der Waals surface area contributed by atoms with Crippen molar-refractivity contribution in [3.63, 3.8) is 0 Å². The molecule has 3 nitrogen and oxygen atoms in total. The summed E-state index contributed by atoms with van der Waals surface area (Å²) in [6, 6.07) is 12.3. The molecule has 0 radical (unpaired) electrons. The third-order valence-electron chi connectivity index (χ3n) is 9.09. The van der Waals surface area contributed by atoms with Gasteiger partial charge in [-0.25, -0.2) is 0 Å². The van der Waals surface area contributed by atoms with Gasteiger partial charge in [-0.1, -0.05) is 56.0 Å². The minimum Gasteiger partial charge on any atom is -0.384 e. The molecule has 1 heterocycles. The lowest BCUT2D eigenvalue weighted by Crippen LogP contribution is -2.44. The van der Waals surface area contributed by atoms with E-state index in [2.05, 4.69) is 48.0 Å². The van der Waals surface area contributed by atoms with Crippen molar-refractivity contribution in [3.8, 4) is 0 Å². The van der Waals surface area contributed by atoms with E-state index in [-0.39, 0.29) is 23.6 Å². The summed E-state index contributed by atoms with van der Waals surface area (Å²) in [5.41, 5.74) is 4.69. The van der Waals surface area contributed by atoms with Crippen LogP contribution in [-0.2, 0) is 18.9 Å². The zero-order chi connectivity index (χ0) is 30.5. The molecule has 1 aliphatic heterocycles. The molecule has 42 heavy (non-hydrogen) atoms. The van der Waals surface area contributed by atoms with E-state index in [4.69, 9.17) is 5.73 Å². The predicted molar refractivity (Wildman–Crippen MR) is 155 cm³/mol. The van der Waals surface area contributed by atoms with E-state index < -0.39 is 23.5 Å². The fourth-order valence-electron chi connectivity index (χ4n) is 6.63. The molecule has 2 aliphatic rings. The predicted octanol–water partition coefficient (Wildman–Crippen LogP) is 8.28. The number of likely N-dealkylation sites (tertiary alicyclic amines) is 1. The van der Waals surface area contributed by atoms with Crippen molar-refractivity contribution in [2.75, 3.05) is 19.6 Å². The van der Waals surface area contributed by atoms with E-state index in [0.717, 1.165) is 63.7 Å². The van der Waals surface area contributed by atoms with Gasteiger partial charge in [-0.3, -0.25) is 0 Å². The summed E-state index contributed by atoms with van der Waals surface area (Å²) in [6.07, 6.45) is 0.00709. The molecule has 2 aromatic carbocycles. The van der Waals surface area contributed by atoms with Crippen molar-refractivity contribution in [2.45, 2.75) is 70.4 Å². The lowest BCUT2D eigenvalue weighted by atomic mass is 9.78. The van der Waals surface area contributed by atoms with Crippen LogP contribution in [0.5, 0.6) is 0 Å². The molecule has 1 saturated carbocycles. The second kappa shape index (κ2) is 13.2. The Kier molecular flexibility index (Phi) is 10.1. The Morgan fingerprint density at radius 2 is 1.71 bits per heavy atom. The van der Waals surface area contributed by atoms with Gasteiger partial charge < -0.3 is 16.0 Å². The minimum absolute atomic E-state index is 0.0822. The maximum absolute atomic E-state index is 13.3. The average Bonchev–Trinajstić information content (AvgIpc) is 3.39. The van der Waals surface area contributed by atoms with Crippen LogP contribution < -0.4 is 11.1 Å². The van der Waals surface area contributed by atoms with Crippen LogP contribution in [0.15, 0.2) is 66.9 Å². The maximum atomic E-state index is 13.3. The number of hydrogen-bond acceptors (Lipinski definition) is 3. The highest BCUT2D eigenvalue weighted by Crippen LogP contribution is 2.49. The molecule has 4 rings (SSSR count). The number of rotatable bonds is 10. The zero-order valence-corrected chi connectivity index (χ0v) is 24.1. The van der Waals surface area contributed by atoms with Gasteiger partial charge >= 0.3 is 12.4 Å². The third-order valence-corrected chi connectivity index (χ3v) is 9.09. The number of benzene rings is 2. The highest BCUT2D eigenvalue weighted by Gasteiger charge is 2.44. The van der Waals surface area contributed by atoms with Crippen LogP contribution in [0.25, 0.3) is 6.08 Å². The van der Waals surface area contributed by atoms with E-state index in [1.807, 2.05) is 18.2 Å². The number of alkyl halides is 6. The van der Waals surface area contributed by atoms with Crippen molar-refractivity contribution >= 4 is 6.08 Å². The molecular formula is C33H41F6N3. The van der Waals surface area contributed by atoms with E-state index in [0.29, 0.717) is 30.1 Å². The second-order valence-corrected chi connectivity index (χ2v) is 12.0. The topological polar surface area (TPSA) is 41.3 Å². The van der Waals surface area contributed by atoms with Gasteiger partial charge in [-0.2, -0.15) is 26.3 Å². The standard InChI is InChI=1S/C33H41F6N3/c1-23-22-42(16-12-27(23)10-9-25-7-4-3-5-8-25)30-11-14-31(20-30,13-6-15-40)24(2)41-21-26-17-28(32(34,35)36)19-29(18-26)33(37,38)39/h3-5,7-10,17-19,23,27,30,41H,2,6,11-16,20-22,40H2,1H3/b10-9-/t23?,27-,30?,31?/m1/s1. The fraction of sp³-hybridized carbons (Fsp3) is 0.515. The molecule has 0 amide bonds. The summed E-state index contributed by atoms with van der Waals surface area (Å²) in [5.74, 6) is 0.985. The molecule has 0 spiro atoms. The SMILES string of the molecule is C=C(NCc1cc(C(F)(F)F)cc(C(F)(F)F)c1)C1(CCCN)CCC(N2CC[C@@H](/C=C\c3ccccc3)C(C)C2)C1. The van der Waals surface area contributed by atoms with Crippen LogP contribution in [0.1, 0.15) is 67.7 Å². The van der Waals surface area contributed by atoms with Crippen LogP contribution in [0.2, 0.25) is 0 Å². The Morgan fingerprint density at radius 1 is 1.05 bits per heavy atom. The van der Waals surface area contributed by atoms with Gasteiger partial charge in [0, 0.05) is 30.2 Å². The average molecular weight is 594 g/mol. The summed E-state index contributed by atoms with van der Waals surface area (Å²) in [5, 5.41) is 3.12. The largest absolute Gasteiger partial charge is 0.416 e. The van der Waals surface area contributed by atoms with Gasteiger partial charge in [-0.05, 0) is 92.8 Å². The quantitative estimate of drug-likeness (QED) is 0.273. The molecule has 0 aromatic heterocycles.